The van der Waals surface area contributed by atoms with E-state index in [1.807, 2.05) is 43.5 Å². The molecular weight excluding hydrogens is 450 g/mol. The van der Waals surface area contributed by atoms with Crippen molar-refractivity contribution in [2.45, 2.75) is 32.2 Å². The molecule has 0 spiro atoms. The van der Waals surface area contributed by atoms with Gasteiger partial charge in [0.2, 0.25) is 0 Å². The molecule has 0 saturated carbocycles. The van der Waals surface area contributed by atoms with Crippen molar-refractivity contribution in [2.24, 2.45) is 0 Å². The molecule has 176 valence electrons. The molecule has 1 amide bonds. The van der Waals surface area contributed by atoms with Crippen LogP contribution in [0.1, 0.15) is 32.7 Å². The van der Waals surface area contributed by atoms with Crippen molar-refractivity contribution in [1.29, 1.82) is 0 Å². The van der Waals surface area contributed by atoms with E-state index in [2.05, 4.69) is 16.9 Å². The third-order valence-corrected chi connectivity index (χ3v) is 7.22. The van der Waals surface area contributed by atoms with Crippen molar-refractivity contribution >= 4 is 32.5 Å². The molecule has 3 aromatic carbocycles. The maximum atomic E-state index is 13.3. The predicted molar refractivity (Wildman–Crippen MR) is 134 cm³/mol. The number of amides is 1. The lowest BCUT2D eigenvalue weighted by Gasteiger charge is -2.16. The fourth-order valence-electron chi connectivity index (χ4n) is 4.27. The Morgan fingerprint density at radius 2 is 1.71 bits per heavy atom. The van der Waals surface area contributed by atoms with Gasteiger partial charge in [-0.2, -0.15) is 0 Å². The molecule has 3 N–H and O–H groups in total. The second-order valence-corrected chi connectivity index (χ2v) is 10.1. The zero-order valence-corrected chi connectivity index (χ0v) is 20.4. The van der Waals surface area contributed by atoms with Crippen LogP contribution in [0.4, 0.5) is 5.69 Å². The molecule has 0 atom stereocenters. The number of benzene rings is 3. The van der Waals surface area contributed by atoms with E-state index in [1.54, 1.807) is 19.2 Å². The fourth-order valence-corrected chi connectivity index (χ4v) is 5.28. The SMILES string of the molecule is COc1ccc2c(c1)cc(C(=O)NS(=O)(=O)c1cccc(N)c1)n2Cc1c(C)cc(C)cc1C. The highest BCUT2D eigenvalue weighted by Crippen LogP contribution is 2.28. The number of ether oxygens (including phenoxy) is 1. The molecule has 0 aliphatic heterocycles. The number of rotatable bonds is 6. The molecule has 0 aliphatic rings. The summed E-state index contributed by atoms with van der Waals surface area (Å²) in [6.07, 6.45) is 0. The average molecular weight is 478 g/mol. The first-order valence-electron chi connectivity index (χ1n) is 10.8. The maximum absolute atomic E-state index is 13.3. The van der Waals surface area contributed by atoms with Gasteiger partial charge in [-0.05, 0) is 79.9 Å². The molecule has 0 saturated heterocycles. The molecule has 1 aromatic heterocycles. The number of nitrogens with one attached hydrogen (secondary N) is 1. The highest BCUT2D eigenvalue weighted by atomic mass is 32.2. The Bertz CT molecular complexity index is 1500. The summed E-state index contributed by atoms with van der Waals surface area (Å²) in [5.41, 5.74) is 11.5. The first kappa shape index (κ1) is 23.4. The second-order valence-electron chi connectivity index (χ2n) is 8.42. The predicted octanol–water partition coefficient (Wildman–Crippen LogP) is 4.32. The van der Waals surface area contributed by atoms with Crippen LogP contribution in [-0.4, -0.2) is 26.0 Å². The third-order valence-electron chi connectivity index (χ3n) is 5.89. The van der Waals surface area contributed by atoms with Crippen molar-refractivity contribution in [3.05, 3.63) is 88.6 Å². The van der Waals surface area contributed by atoms with E-state index in [4.69, 9.17) is 10.5 Å². The lowest BCUT2D eigenvalue weighted by molar-refractivity contribution is 0.0973. The summed E-state index contributed by atoms with van der Waals surface area (Å²) in [4.78, 5) is 13.2. The Morgan fingerprint density at radius 1 is 1.00 bits per heavy atom. The Morgan fingerprint density at radius 3 is 2.35 bits per heavy atom. The molecule has 0 aliphatic carbocycles. The Labute approximate surface area is 199 Å². The number of fused-ring (bicyclic) bond motifs is 1. The minimum atomic E-state index is -4.11. The van der Waals surface area contributed by atoms with Gasteiger partial charge in [0.25, 0.3) is 15.9 Å². The van der Waals surface area contributed by atoms with Gasteiger partial charge in [0.05, 0.1) is 12.0 Å². The van der Waals surface area contributed by atoms with Gasteiger partial charge in [0.1, 0.15) is 11.4 Å². The standard InChI is InChI=1S/C26H27N3O4S/c1-16-10-17(2)23(18(3)11-16)15-29-24-9-8-21(33-4)12-19(24)13-25(29)26(30)28-34(31,32)22-7-5-6-20(27)14-22/h5-14H,15,27H2,1-4H3,(H,28,30). The smallest absolute Gasteiger partial charge is 0.281 e. The molecule has 0 bridgehead atoms. The number of hydrogen-bond donors (Lipinski definition) is 2. The highest BCUT2D eigenvalue weighted by molar-refractivity contribution is 7.90. The number of anilines is 1. The van der Waals surface area contributed by atoms with Crippen LogP contribution in [0.15, 0.2) is 65.6 Å². The minimum Gasteiger partial charge on any atom is -0.497 e. The molecule has 34 heavy (non-hydrogen) atoms. The van der Waals surface area contributed by atoms with Gasteiger partial charge < -0.3 is 15.0 Å². The number of nitrogens with two attached hydrogens (primary N) is 1. The van der Waals surface area contributed by atoms with Crippen LogP contribution in [0.3, 0.4) is 0 Å². The van der Waals surface area contributed by atoms with Gasteiger partial charge in [0.15, 0.2) is 0 Å². The zero-order valence-electron chi connectivity index (χ0n) is 19.5. The summed E-state index contributed by atoms with van der Waals surface area (Å²) in [5.74, 6) is -0.0771. The topological polar surface area (TPSA) is 103 Å². The van der Waals surface area contributed by atoms with E-state index < -0.39 is 15.9 Å². The first-order valence-corrected chi connectivity index (χ1v) is 12.2. The number of nitrogen functional groups attached to an aromatic ring is 1. The van der Waals surface area contributed by atoms with Crippen LogP contribution in [0, 0.1) is 20.8 Å². The summed E-state index contributed by atoms with van der Waals surface area (Å²) in [5, 5.41) is 0.772. The van der Waals surface area contributed by atoms with Crippen LogP contribution >= 0.6 is 0 Å². The average Bonchev–Trinajstić information content (AvgIpc) is 3.13. The van der Waals surface area contributed by atoms with Gasteiger partial charge in [-0.3, -0.25) is 4.79 Å². The monoisotopic (exact) mass is 477 g/mol. The van der Waals surface area contributed by atoms with Gasteiger partial charge >= 0.3 is 0 Å². The largest absolute Gasteiger partial charge is 0.497 e. The number of hydrogen-bond acceptors (Lipinski definition) is 5. The van der Waals surface area contributed by atoms with E-state index >= 15 is 0 Å². The summed E-state index contributed by atoms with van der Waals surface area (Å²) in [7, 11) is -2.54. The normalized spacial score (nSPS) is 11.5. The molecule has 7 nitrogen and oxygen atoms in total. The fraction of sp³-hybridized carbons (Fsp3) is 0.192. The lowest BCUT2D eigenvalue weighted by atomic mass is 9.99. The maximum Gasteiger partial charge on any atom is 0.281 e. The number of methoxy groups -OCH3 is 1. The van der Waals surface area contributed by atoms with E-state index in [1.165, 1.54) is 18.2 Å². The van der Waals surface area contributed by atoms with Crippen LogP contribution < -0.4 is 15.2 Å². The van der Waals surface area contributed by atoms with Crippen molar-refractivity contribution in [2.75, 3.05) is 12.8 Å². The van der Waals surface area contributed by atoms with E-state index in [0.29, 0.717) is 18.0 Å². The summed E-state index contributed by atoms with van der Waals surface area (Å²) in [6.45, 7) is 6.53. The molecule has 4 rings (SSSR count). The van der Waals surface area contributed by atoms with Crippen LogP contribution in [-0.2, 0) is 16.6 Å². The van der Waals surface area contributed by atoms with Crippen molar-refractivity contribution < 1.29 is 17.9 Å². The minimum absolute atomic E-state index is 0.0737. The van der Waals surface area contributed by atoms with E-state index in [-0.39, 0.29) is 10.6 Å². The highest BCUT2D eigenvalue weighted by Gasteiger charge is 2.23. The number of sulfonamides is 1. The van der Waals surface area contributed by atoms with Gasteiger partial charge in [-0.1, -0.05) is 23.8 Å². The molecule has 0 unspecified atom stereocenters. The van der Waals surface area contributed by atoms with E-state index in [0.717, 1.165) is 33.2 Å². The van der Waals surface area contributed by atoms with Crippen molar-refractivity contribution in [3.63, 3.8) is 0 Å². The summed E-state index contributed by atoms with van der Waals surface area (Å²) in [6, 6.07) is 17.2. The first-order chi connectivity index (χ1) is 16.1. The Kier molecular flexibility index (Phi) is 6.10. The van der Waals surface area contributed by atoms with Gasteiger partial charge in [-0.15, -0.1) is 0 Å². The second kappa shape index (κ2) is 8.87. The molecule has 0 fully saturated rings. The van der Waals surface area contributed by atoms with Crippen molar-refractivity contribution in [1.82, 2.24) is 9.29 Å². The van der Waals surface area contributed by atoms with Crippen molar-refractivity contribution in [3.8, 4) is 5.75 Å². The number of aryl methyl sites for hydroxylation is 3. The molecule has 0 radical (unpaired) electrons. The number of aromatic nitrogens is 1. The van der Waals surface area contributed by atoms with Crippen LogP contribution in [0.5, 0.6) is 5.75 Å². The number of carbonyl (C=O) groups excluding carboxylic acids is 1. The quantitative estimate of drug-likeness (QED) is 0.403. The Hall–Kier alpha value is -3.78. The lowest BCUT2D eigenvalue weighted by Crippen LogP contribution is -2.32. The molecule has 4 aromatic rings. The number of carbonyl (C=O) groups is 1. The molecule has 8 heteroatoms. The molecule has 1 heterocycles. The Balaban J connectivity index is 1.81. The van der Waals surface area contributed by atoms with Crippen LogP contribution in [0.25, 0.3) is 10.9 Å². The summed E-state index contributed by atoms with van der Waals surface area (Å²) < 4.78 is 35.1. The van der Waals surface area contributed by atoms with Gasteiger partial charge in [-0.25, -0.2) is 13.1 Å². The van der Waals surface area contributed by atoms with Crippen LogP contribution in [0.2, 0.25) is 0 Å². The van der Waals surface area contributed by atoms with Gasteiger partial charge in [0, 0.05) is 23.1 Å². The zero-order chi connectivity index (χ0) is 24.6. The molecular formula is C26H27N3O4S. The van der Waals surface area contributed by atoms with E-state index in [9.17, 15) is 13.2 Å². The number of nitrogens with zero attached hydrogens (tertiary/aromatic N) is 1. The third kappa shape index (κ3) is 4.49. The summed E-state index contributed by atoms with van der Waals surface area (Å²) >= 11 is 0.